The monoisotopic (exact) mass is 364 g/mol. The van der Waals surface area contributed by atoms with Crippen molar-refractivity contribution in [2.24, 2.45) is 0 Å². The van der Waals surface area contributed by atoms with E-state index < -0.39 is 6.10 Å². The Labute approximate surface area is 159 Å². The molecule has 1 amide bonds. The molecule has 0 radical (unpaired) electrons. The van der Waals surface area contributed by atoms with E-state index >= 15 is 0 Å². The fraction of sp³-hybridized carbons (Fsp3) is 0.273. The van der Waals surface area contributed by atoms with Crippen molar-refractivity contribution in [2.75, 3.05) is 5.32 Å². The largest absolute Gasteiger partial charge is 0.481 e. The zero-order valence-corrected chi connectivity index (χ0v) is 16.0. The number of ether oxygens (including phenoxy) is 1. The molecule has 0 spiro atoms. The summed E-state index contributed by atoms with van der Waals surface area (Å²) in [6, 6.07) is 17.4. The highest BCUT2D eigenvalue weighted by Crippen LogP contribution is 2.28. The van der Waals surface area contributed by atoms with Gasteiger partial charge in [0, 0.05) is 11.6 Å². The fourth-order valence-electron chi connectivity index (χ4n) is 2.77. The summed E-state index contributed by atoms with van der Waals surface area (Å²) in [6.07, 6.45) is -0.672. The van der Waals surface area contributed by atoms with E-state index in [0.717, 1.165) is 22.4 Å². The molecule has 2 aromatic carbocycles. The van der Waals surface area contributed by atoms with Crippen LogP contribution in [0.2, 0.25) is 0 Å². The molecule has 27 heavy (non-hydrogen) atoms. The third-order valence-electron chi connectivity index (χ3n) is 4.29. The number of aromatic nitrogens is 1. The first-order chi connectivity index (χ1) is 12.9. The third kappa shape index (κ3) is 4.56. The molecule has 1 aromatic heterocycles. The first kappa shape index (κ1) is 18.7. The molecule has 0 aliphatic rings. The van der Waals surface area contributed by atoms with E-state index in [4.69, 9.17) is 9.26 Å². The number of benzene rings is 2. The van der Waals surface area contributed by atoms with Gasteiger partial charge in [-0.1, -0.05) is 61.5 Å². The average Bonchev–Trinajstić information content (AvgIpc) is 3.10. The summed E-state index contributed by atoms with van der Waals surface area (Å²) in [5.74, 6) is 1.04. The van der Waals surface area contributed by atoms with E-state index in [1.807, 2.05) is 55.5 Å². The number of amides is 1. The number of nitrogens with one attached hydrogen (secondary N) is 1. The smallest absolute Gasteiger partial charge is 0.267 e. The van der Waals surface area contributed by atoms with Crippen molar-refractivity contribution in [3.8, 4) is 17.0 Å². The second-order valence-corrected chi connectivity index (χ2v) is 6.89. The predicted octanol–water partition coefficient (Wildman–Crippen LogP) is 5.18. The van der Waals surface area contributed by atoms with Crippen LogP contribution in [0.5, 0.6) is 5.75 Å². The Kier molecular flexibility index (Phi) is 5.60. The molecule has 0 aliphatic heterocycles. The van der Waals surface area contributed by atoms with Crippen LogP contribution in [-0.2, 0) is 4.79 Å². The van der Waals surface area contributed by atoms with E-state index in [1.54, 1.807) is 13.0 Å². The quantitative estimate of drug-likeness (QED) is 0.654. The molecular formula is C22H24N2O3. The number of hydrogen-bond donors (Lipinski definition) is 1. The van der Waals surface area contributed by atoms with Crippen LogP contribution in [0, 0.1) is 6.92 Å². The Morgan fingerprint density at radius 1 is 1.07 bits per heavy atom. The van der Waals surface area contributed by atoms with Gasteiger partial charge in [-0.3, -0.25) is 10.1 Å². The van der Waals surface area contributed by atoms with E-state index in [9.17, 15) is 4.79 Å². The molecule has 3 aromatic rings. The lowest BCUT2D eigenvalue weighted by Crippen LogP contribution is -2.30. The number of hydrogen-bond acceptors (Lipinski definition) is 4. The van der Waals surface area contributed by atoms with Gasteiger partial charge in [-0.2, -0.15) is 0 Å². The minimum atomic E-state index is -0.672. The summed E-state index contributed by atoms with van der Waals surface area (Å²) >= 11 is 0. The average molecular weight is 364 g/mol. The van der Waals surface area contributed by atoms with Gasteiger partial charge in [0.05, 0.1) is 0 Å². The van der Waals surface area contributed by atoms with Crippen LogP contribution in [0.25, 0.3) is 11.3 Å². The summed E-state index contributed by atoms with van der Waals surface area (Å²) in [6.45, 7) is 7.92. The molecule has 1 N–H and O–H groups in total. The van der Waals surface area contributed by atoms with Gasteiger partial charge < -0.3 is 9.26 Å². The van der Waals surface area contributed by atoms with Crippen molar-refractivity contribution < 1.29 is 14.1 Å². The van der Waals surface area contributed by atoms with Crippen LogP contribution in [0.15, 0.2) is 59.1 Å². The second-order valence-electron chi connectivity index (χ2n) is 6.89. The first-order valence-electron chi connectivity index (χ1n) is 9.04. The lowest BCUT2D eigenvalue weighted by molar-refractivity contribution is -0.122. The minimum Gasteiger partial charge on any atom is -0.481 e. The zero-order chi connectivity index (χ0) is 19.4. The Bertz CT molecular complexity index is 916. The molecule has 5 heteroatoms. The Morgan fingerprint density at radius 2 is 1.81 bits per heavy atom. The zero-order valence-electron chi connectivity index (χ0n) is 16.0. The van der Waals surface area contributed by atoms with Crippen LogP contribution in [0.4, 0.5) is 5.88 Å². The first-order valence-corrected chi connectivity index (χ1v) is 9.04. The van der Waals surface area contributed by atoms with Gasteiger partial charge in [0.15, 0.2) is 6.10 Å². The van der Waals surface area contributed by atoms with Crippen molar-refractivity contribution >= 4 is 11.8 Å². The molecule has 140 valence electrons. The van der Waals surface area contributed by atoms with Gasteiger partial charge >= 0.3 is 0 Å². The molecule has 0 saturated heterocycles. The van der Waals surface area contributed by atoms with Gasteiger partial charge in [0.25, 0.3) is 5.91 Å². The molecule has 0 aliphatic carbocycles. The maximum atomic E-state index is 12.5. The Morgan fingerprint density at radius 3 is 2.52 bits per heavy atom. The van der Waals surface area contributed by atoms with E-state index in [-0.39, 0.29) is 5.91 Å². The minimum absolute atomic E-state index is 0.290. The van der Waals surface area contributed by atoms with Crippen LogP contribution in [-0.4, -0.2) is 17.2 Å². The van der Waals surface area contributed by atoms with Gasteiger partial charge in [-0.25, -0.2) is 0 Å². The molecule has 1 atom stereocenters. The molecule has 3 rings (SSSR count). The predicted molar refractivity (Wildman–Crippen MR) is 106 cm³/mol. The maximum absolute atomic E-state index is 12.5. The SMILES string of the molecule is Cc1ccc(C(C)C)c(OC(C)C(=O)Nc2cc(-c3ccccc3)no2)c1. The number of aryl methyl sites for hydroxylation is 1. The Hall–Kier alpha value is -3.08. The van der Waals surface area contributed by atoms with Gasteiger partial charge in [0.2, 0.25) is 5.88 Å². The molecule has 0 fully saturated rings. The number of rotatable bonds is 6. The molecular weight excluding hydrogens is 340 g/mol. The van der Waals surface area contributed by atoms with E-state index in [2.05, 4.69) is 24.3 Å². The molecule has 1 unspecified atom stereocenters. The van der Waals surface area contributed by atoms with Crippen molar-refractivity contribution in [2.45, 2.75) is 39.7 Å². The summed E-state index contributed by atoms with van der Waals surface area (Å²) in [7, 11) is 0. The molecule has 5 nitrogen and oxygen atoms in total. The van der Waals surface area contributed by atoms with Crippen LogP contribution in [0.1, 0.15) is 37.8 Å². The second kappa shape index (κ2) is 8.08. The molecule has 0 bridgehead atoms. The maximum Gasteiger partial charge on any atom is 0.267 e. The van der Waals surface area contributed by atoms with Crippen LogP contribution in [0.3, 0.4) is 0 Å². The summed E-state index contributed by atoms with van der Waals surface area (Å²) in [4.78, 5) is 12.5. The van der Waals surface area contributed by atoms with Crippen molar-refractivity contribution in [1.82, 2.24) is 5.16 Å². The highest BCUT2D eigenvalue weighted by Gasteiger charge is 2.19. The van der Waals surface area contributed by atoms with Crippen LogP contribution >= 0.6 is 0 Å². The fourth-order valence-corrected chi connectivity index (χ4v) is 2.77. The number of carbonyl (C=O) groups is 1. The van der Waals surface area contributed by atoms with E-state index in [0.29, 0.717) is 17.5 Å². The lowest BCUT2D eigenvalue weighted by atomic mass is 10.0. The number of nitrogens with zero attached hydrogens (tertiary/aromatic N) is 1. The third-order valence-corrected chi connectivity index (χ3v) is 4.29. The molecule has 1 heterocycles. The van der Waals surface area contributed by atoms with Crippen molar-refractivity contribution in [3.05, 3.63) is 65.7 Å². The van der Waals surface area contributed by atoms with Crippen LogP contribution < -0.4 is 10.1 Å². The lowest BCUT2D eigenvalue weighted by Gasteiger charge is -2.18. The van der Waals surface area contributed by atoms with E-state index in [1.165, 1.54) is 0 Å². The topological polar surface area (TPSA) is 64.4 Å². The summed E-state index contributed by atoms with van der Waals surface area (Å²) in [5.41, 5.74) is 3.75. The normalized spacial score (nSPS) is 12.0. The standard InChI is InChI=1S/C22H24N2O3/c1-14(2)18-11-10-15(3)12-20(18)26-16(4)22(25)23-21-13-19(24-27-21)17-8-6-5-7-9-17/h5-14,16H,1-4H3,(H,23,25). The summed E-state index contributed by atoms with van der Waals surface area (Å²) in [5, 5.41) is 6.72. The highest BCUT2D eigenvalue weighted by atomic mass is 16.5. The van der Waals surface area contributed by atoms with Gasteiger partial charge in [-0.15, -0.1) is 0 Å². The Balaban J connectivity index is 1.69. The van der Waals surface area contributed by atoms with Gasteiger partial charge in [0.1, 0.15) is 11.4 Å². The van der Waals surface area contributed by atoms with Crippen molar-refractivity contribution in [1.29, 1.82) is 0 Å². The van der Waals surface area contributed by atoms with Gasteiger partial charge in [-0.05, 0) is 37.0 Å². The van der Waals surface area contributed by atoms with Crippen molar-refractivity contribution in [3.63, 3.8) is 0 Å². The molecule has 0 saturated carbocycles. The number of carbonyl (C=O) groups excluding carboxylic acids is 1. The number of anilines is 1. The summed E-state index contributed by atoms with van der Waals surface area (Å²) < 4.78 is 11.2. The highest BCUT2D eigenvalue weighted by molar-refractivity contribution is 5.93.